The third kappa shape index (κ3) is 2.72. The molecule has 1 aliphatic heterocycles. The summed E-state index contributed by atoms with van der Waals surface area (Å²) in [5.74, 6) is 0.833. The molecule has 0 saturated carbocycles. The normalized spacial score (nSPS) is 16.9. The molecule has 1 fully saturated rings. The highest BCUT2D eigenvalue weighted by atomic mass is 16.2. The number of rotatable bonds is 3. The highest BCUT2D eigenvalue weighted by Gasteiger charge is 2.23. The fourth-order valence-electron chi connectivity index (χ4n) is 2.03. The Hall–Kier alpha value is -1.65. The van der Waals surface area contributed by atoms with Crippen molar-refractivity contribution >= 4 is 11.7 Å². The number of anilines is 1. The molecule has 1 aliphatic rings. The van der Waals surface area contributed by atoms with Crippen LogP contribution in [0.3, 0.4) is 0 Å². The van der Waals surface area contributed by atoms with Gasteiger partial charge in [0.1, 0.15) is 11.9 Å². The zero-order valence-electron chi connectivity index (χ0n) is 10.3. The molecule has 1 unspecified atom stereocenters. The standard InChI is InChI=1S/C12H18N4O/c1-9-11(14-6-5-13-9)15-10(2)12(17)16-7-3-4-8-16/h5-6,10H,3-4,7-8H2,1-2H3,(H,14,15). The number of likely N-dealkylation sites (tertiary alicyclic amines) is 1. The van der Waals surface area contributed by atoms with Gasteiger partial charge in [-0.3, -0.25) is 9.78 Å². The van der Waals surface area contributed by atoms with Crippen molar-refractivity contribution in [2.75, 3.05) is 18.4 Å². The van der Waals surface area contributed by atoms with Gasteiger partial charge in [0, 0.05) is 25.5 Å². The van der Waals surface area contributed by atoms with Crippen molar-refractivity contribution in [1.29, 1.82) is 0 Å². The van der Waals surface area contributed by atoms with Crippen LogP contribution in [-0.2, 0) is 4.79 Å². The summed E-state index contributed by atoms with van der Waals surface area (Å²) in [5.41, 5.74) is 0.813. The minimum absolute atomic E-state index is 0.146. The fraction of sp³-hybridized carbons (Fsp3) is 0.583. The summed E-state index contributed by atoms with van der Waals surface area (Å²) in [6.45, 7) is 5.51. The Kier molecular flexibility index (Phi) is 3.56. The monoisotopic (exact) mass is 234 g/mol. The molecule has 2 heterocycles. The Balaban J connectivity index is 1.99. The summed E-state index contributed by atoms with van der Waals surface area (Å²) in [6, 6.07) is -0.247. The van der Waals surface area contributed by atoms with Gasteiger partial charge in [0.05, 0.1) is 5.69 Å². The molecular formula is C12H18N4O. The van der Waals surface area contributed by atoms with E-state index < -0.39 is 0 Å². The molecular weight excluding hydrogens is 216 g/mol. The van der Waals surface area contributed by atoms with Crippen molar-refractivity contribution in [1.82, 2.24) is 14.9 Å². The molecule has 92 valence electrons. The zero-order chi connectivity index (χ0) is 12.3. The number of hydrogen-bond acceptors (Lipinski definition) is 4. The van der Waals surface area contributed by atoms with E-state index in [1.165, 1.54) is 0 Å². The summed E-state index contributed by atoms with van der Waals surface area (Å²) in [4.78, 5) is 22.3. The maximum absolute atomic E-state index is 12.1. The van der Waals surface area contributed by atoms with Gasteiger partial charge in [-0.1, -0.05) is 0 Å². The van der Waals surface area contributed by atoms with E-state index in [2.05, 4.69) is 15.3 Å². The molecule has 1 N–H and O–H groups in total. The minimum atomic E-state index is -0.247. The van der Waals surface area contributed by atoms with E-state index in [1.807, 2.05) is 18.7 Å². The summed E-state index contributed by atoms with van der Waals surface area (Å²) < 4.78 is 0. The minimum Gasteiger partial charge on any atom is -0.357 e. The van der Waals surface area contributed by atoms with Crippen LogP contribution in [0.4, 0.5) is 5.82 Å². The number of aromatic nitrogens is 2. The third-order valence-corrected chi connectivity index (χ3v) is 3.02. The Morgan fingerprint density at radius 1 is 1.35 bits per heavy atom. The van der Waals surface area contributed by atoms with Crippen LogP contribution in [0.15, 0.2) is 12.4 Å². The molecule has 1 atom stereocenters. The first-order valence-corrected chi connectivity index (χ1v) is 6.01. The third-order valence-electron chi connectivity index (χ3n) is 3.02. The second-order valence-electron chi connectivity index (χ2n) is 4.39. The summed E-state index contributed by atoms with van der Waals surface area (Å²) in [6.07, 6.45) is 5.50. The van der Waals surface area contributed by atoms with E-state index in [9.17, 15) is 4.79 Å². The lowest BCUT2D eigenvalue weighted by atomic mass is 10.3. The number of hydrogen-bond donors (Lipinski definition) is 1. The topological polar surface area (TPSA) is 58.1 Å². The second kappa shape index (κ2) is 5.12. The SMILES string of the molecule is Cc1nccnc1NC(C)C(=O)N1CCCC1. The predicted molar refractivity (Wildman–Crippen MR) is 65.7 cm³/mol. The van der Waals surface area contributed by atoms with E-state index in [0.717, 1.165) is 31.6 Å². The summed E-state index contributed by atoms with van der Waals surface area (Å²) in [5, 5.41) is 3.12. The maximum atomic E-state index is 12.1. The van der Waals surface area contributed by atoms with E-state index >= 15 is 0 Å². The van der Waals surface area contributed by atoms with Crippen molar-refractivity contribution < 1.29 is 4.79 Å². The smallest absolute Gasteiger partial charge is 0.244 e. The molecule has 5 heteroatoms. The molecule has 1 saturated heterocycles. The van der Waals surface area contributed by atoms with Gasteiger partial charge in [-0.2, -0.15) is 0 Å². The van der Waals surface area contributed by atoms with Gasteiger partial charge in [-0.15, -0.1) is 0 Å². The van der Waals surface area contributed by atoms with E-state index in [0.29, 0.717) is 5.82 Å². The molecule has 2 rings (SSSR count). The van der Waals surface area contributed by atoms with Crippen molar-refractivity contribution in [2.45, 2.75) is 32.7 Å². The molecule has 1 aromatic rings. The average molecular weight is 234 g/mol. The molecule has 5 nitrogen and oxygen atoms in total. The van der Waals surface area contributed by atoms with Crippen LogP contribution >= 0.6 is 0 Å². The first-order chi connectivity index (χ1) is 8.18. The lowest BCUT2D eigenvalue weighted by Gasteiger charge is -2.21. The number of amides is 1. The highest BCUT2D eigenvalue weighted by Crippen LogP contribution is 2.12. The van der Waals surface area contributed by atoms with Gasteiger partial charge >= 0.3 is 0 Å². The Labute approximate surface area is 101 Å². The Bertz CT molecular complexity index is 401. The lowest BCUT2D eigenvalue weighted by molar-refractivity contribution is -0.130. The lowest BCUT2D eigenvalue weighted by Crippen LogP contribution is -2.39. The maximum Gasteiger partial charge on any atom is 0.244 e. The second-order valence-corrected chi connectivity index (χ2v) is 4.39. The van der Waals surface area contributed by atoms with Crippen LogP contribution in [0.2, 0.25) is 0 Å². The number of nitrogens with zero attached hydrogens (tertiary/aromatic N) is 3. The number of aryl methyl sites for hydroxylation is 1. The van der Waals surface area contributed by atoms with Crippen molar-refractivity contribution in [3.8, 4) is 0 Å². The fourth-order valence-corrected chi connectivity index (χ4v) is 2.03. The van der Waals surface area contributed by atoms with Crippen LogP contribution in [0.5, 0.6) is 0 Å². The van der Waals surface area contributed by atoms with Crippen molar-refractivity contribution in [3.63, 3.8) is 0 Å². The van der Waals surface area contributed by atoms with Gasteiger partial charge in [-0.25, -0.2) is 4.98 Å². The highest BCUT2D eigenvalue weighted by molar-refractivity contribution is 5.84. The molecule has 0 radical (unpaired) electrons. The van der Waals surface area contributed by atoms with E-state index in [-0.39, 0.29) is 11.9 Å². The quantitative estimate of drug-likeness (QED) is 0.854. The van der Waals surface area contributed by atoms with Crippen LogP contribution in [0.25, 0.3) is 0 Å². The van der Waals surface area contributed by atoms with Gasteiger partial charge in [-0.05, 0) is 26.7 Å². The van der Waals surface area contributed by atoms with Gasteiger partial charge in [0.2, 0.25) is 5.91 Å². The van der Waals surface area contributed by atoms with Crippen LogP contribution in [-0.4, -0.2) is 39.9 Å². The van der Waals surface area contributed by atoms with Crippen LogP contribution < -0.4 is 5.32 Å². The molecule has 17 heavy (non-hydrogen) atoms. The van der Waals surface area contributed by atoms with E-state index in [1.54, 1.807) is 12.4 Å². The van der Waals surface area contributed by atoms with Gasteiger partial charge in [0.25, 0.3) is 0 Å². The largest absolute Gasteiger partial charge is 0.357 e. The van der Waals surface area contributed by atoms with E-state index in [4.69, 9.17) is 0 Å². The number of carbonyl (C=O) groups excluding carboxylic acids is 1. The van der Waals surface area contributed by atoms with Crippen molar-refractivity contribution in [2.24, 2.45) is 0 Å². The zero-order valence-corrected chi connectivity index (χ0v) is 10.3. The Morgan fingerprint density at radius 3 is 2.65 bits per heavy atom. The summed E-state index contributed by atoms with van der Waals surface area (Å²) >= 11 is 0. The Morgan fingerprint density at radius 2 is 2.00 bits per heavy atom. The number of nitrogens with one attached hydrogen (secondary N) is 1. The number of carbonyl (C=O) groups is 1. The first-order valence-electron chi connectivity index (χ1n) is 6.01. The average Bonchev–Trinajstić information content (AvgIpc) is 2.84. The molecule has 0 bridgehead atoms. The first kappa shape index (κ1) is 11.8. The molecule has 0 spiro atoms. The molecule has 0 aliphatic carbocycles. The van der Waals surface area contributed by atoms with Crippen molar-refractivity contribution in [3.05, 3.63) is 18.1 Å². The molecule has 0 aromatic carbocycles. The van der Waals surface area contributed by atoms with Crippen LogP contribution in [0, 0.1) is 6.92 Å². The van der Waals surface area contributed by atoms with Crippen LogP contribution in [0.1, 0.15) is 25.5 Å². The molecule has 1 amide bonds. The van der Waals surface area contributed by atoms with Gasteiger partial charge < -0.3 is 10.2 Å². The summed E-state index contributed by atoms with van der Waals surface area (Å²) in [7, 11) is 0. The van der Waals surface area contributed by atoms with Gasteiger partial charge in [0.15, 0.2) is 0 Å². The molecule has 1 aromatic heterocycles. The predicted octanol–water partition coefficient (Wildman–Crippen LogP) is 1.21.